The number of hydrogen-bond donors (Lipinski definition) is 1. The molecule has 6 nitrogen and oxygen atoms in total. The van der Waals surface area contributed by atoms with Crippen molar-refractivity contribution in [2.75, 3.05) is 13.1 Å². The van der Waals surface area contributed by atoms with E-state index in [1.807, 2.05) is 0 Å². The molecule has 0 spiro atoms. The zero-order chi connectivity index (χ0) is 14.7. The molecule has 2 atom stereocenters. The van der Waals surface area contributed by atoms with Crippen LogP contribution in [0.3, 0.4) is 0 Å². The Morgan fingerprint density at radius 2 is 1.86 bits per heavy atom. The number of amides is 1. The average molecular weight is 301 g/mol. The molecule has 0 aromatic carbocycles. The van der Waals surface area contributed by atoms with Gasteiger partial charge in [0.25, 0.3) is 5.91 Å². The number of fused-ring (bicyclic) bond motifs is 2. The van der Waals surface area contributed by atoms with E-state index in [4.69, 9.17) is 0 Å². The minimum atomic E-state index is -0.0338. The number of hydrogen-bond acceptors (Lipinski definition) is 4. The van der Waals surface area contributed by atoms with Gasteiger partial charge in [0.1, 0.15) is 5.82 Å². The molecule has 1 saturated heterocycles. The molecule has 2 aliphatic heterocycles. The molecular formula is C16H23N5O. The second kappa shape index (κ2) is 4.78. The van der Waals surface area contributed by atoms with Crippen LogP contribution in [-0.2, 0) is 13.0 Å². The summed E-state index contributed by atoms with van der Waals surface area (Å²) in [6.45, 7) is 3.33. The Hall–Kier alpha value is -1.43. The quantitative estimate of drug-likeness (QED) is 0.898. The third-order valence-electron chi connectivity index (χ3n) is 6.00. The Bertz CT molecular complexity index is 604. The van der Waals surface area contributed by atoms with Crippen molar-refractivity contribution in [2.45, 2.75) is 57.2 Å². The van der Waals surface area contributed by atoms with E-state index < -0.39 is 0 Å². The topological polar surface area (TPSA) is 63.1 Å². The highest BCUT2D eigenvalue weighted by atomic mass is 16.2. The lowest BCUT2D eigenvalue weighted by molar-refractivity contribution is 0.0932. The number of nitrogens with one attached hydrogen (secondary N) is 1. The van der Waals surface area contributed by atoms with Crippen LogP contribution >= 0.6 is 0 Å². The van der Waals surface area contributed by atoms with Crippen molar-refractivity contribution in [2.24, 2.45) is 11.8 Å². The van der Waals surface area contributed by atoms with Gasteiger partial charge in [0, 0.05) is 38.1 Å². The Morgan fingerprint density at radius 1 is 1.05 bits per heavy atom. The zero-order valence-electron chi connectivity index (χ0n) is 12.9. The summed E-state index contributed by atoms with van der Waals surface area (Å²) in [5.74, 6) is 2.88. The van der Waals surface area contributed by atoms with Crippen LogP contribution < -0.4 is 5.32 Å². The lowest BCUT2D eigenvalue weighted by Gasteiger charge is -2.34. The lowest BCUT2D eigenvalue weighted by atomic mass is 9.89. The molecular weight excluding hydrogens is 278 g/mol. The third-order valence-corrected chi connectivity index (χ3v) is 6.00. The largest absolute Gasteiger partial charge is 0.347 e. The molecule has 6 heteroatoms. The van der Waals surface area contributed by atoms with Crippen LogP contribution in [0.1, 0.15) is 48.5 Å². The van der Waals surface area contributed by atoms with Crippen LogP contribution in [0.15, 0.2) is 0 Å². The maximum absolute atomic E-state index is 12.3. The Labute approximate surface area is 130 Å². The fraction of sp³-hybridized carbons (Fsp3) is 0.812. The van der Waals surface area contributed by atoms with Crippen LogP contribution in [0.25, 0.3) is 0 Å². The minimum Gasteiger partial charge on any atom is -0.347 e. The zero-order valence-corrected chi connectivity index (χ0v) is 12.9. The smallest absolute Gasteiger partial charge is 0.289 e. The fourth-order valence-electron chi connectivity index (χ4n) is 4.26. The average Bonchev–Trinajstić information content (AvgIpc) is 3.01. The highest BCUT2D eigenvalue weighted by molar-refractivity contribution is 5.91. The van der Waals surface area contributed by atoms with E-state index in [2.05, 4.69) is 25.0 Å². The predicted octanol–water partition coefficient (Wildman–Crippen LogP) is 0.827. The maximum atomic E-state index is 12.3. The summed E-state index contributed by atoms with van der Waals surface area (Å²) in [6.07, 6.45) is 7.34. The van der Waals surface area contributed by atoms with E-state index in [1.165, 1.54) is 32.4 Å². The van der Waals surface area contributed by atoms with Gasteiger partial charge in [-0.1, -0.05) is 6.42 Å². The van der Waals surface area contributed by atoms with Crippen molar-refractivity contribution >= 4 is 5.91 Å². The van der Waals surface area contributed by atoms with E-state index >= 15 is 0 Å². The molecule has 0 unspecified atom stereocenters. The molecule has 1 N–H and O–H groups in total. The summed E-state index contributed by atoms with van der Waals surface area (Å²) in [6, 6.07) is 1.20. The highest BCUT2D eigenvalue weighted by Gasteiger charge is 2.42. The summed E-state index contributed by atoms with van der Waals surface area (Å²) in [5, 5.41) is 11.5. The molecule has 3 heterocycles. The summed E-state index contributed by atoms with van der Waals surface area (Å²) in [7, 11) is 0. The number of carbonyl (C=O) groups is 1. The van der Waals surface area contributed by atoms with Crippen molar-refractivity contribution in [3.63, 3.8) is 0 Å². The fourth-order valence-corrected chi connectivity index (χ4v) is 4.26. The Kier molecular flexibility index (Phi) is 2.84. The van der Waals surface area contributed by atoms with Gasteiger partial charge in [-0.25, -0.2) is 0 Å². The van der Waals surface area contributed by atoms with Crippen LogP contribution in [0.2, 0.25) is 0 Å². The van der Waals surface area contributed by atoms with Gasteiger partial charge in [-0.15, -0.1) is 10.2 Å². The van der Waals surface area contributed by atoms with Crippen molar-refractivity contribution in [3.05, 3.63) is 11.6 Å². The second-order valence-electron chi connectivity index (χ2n) is 7.56. The SMILES string of the molecule is O=C(NC1CC1)c1nnc2n1C[C@H]1CN(C3CCC3)C[C@H]1C2. The van der Waals surface area contributed by atoms with Gasteiger partial charge in [-0.05, 0) is 37.5 Å². The van der Waals surface area contributed by atoms with Crippen molar-refractivity contribution in [3.8, 4) is 0 Å². The van der Waals surface area contributed by atoms with Crippen LogP contribution in [0, 0.1) is 11.8 Å². The van der Waals surface area contributed by atoms with E-state index in [-0.39, 0.29) is 5.91 Å². The number of rotatable bonds is 3. The molecule has 1 aromatic rings. The normalized spacial score (nSPS) is 31.5. The maximum Gasteiger partial charge on any atom is 0.289 e. The van der Waals surface area contributed by atoms with Crippen LogP contribution in [0.5, 0.6) is 0 Å². The molecule has 3 fully saturated rings. The number of aromatic nitrogens is 3. The molecule has 4 aliphatic rings. The Balaban J connectivity index is 1.33. The van der Waals surface area contributed by atoms with Gasteiger partial charge >= 0.3 is 0 Å². The molecule has 2 aliphatic carbocycles. The van der Waals surface area contributed by atoms with Crippen molar-refractivity contribution in [1.29, 1.82) is 0 Å². The molecule has 2 saturated carbocycles. The minimum absolute atomic E-state index is 0.0338. The van der Waals surface area contributed by atoms with Crippen LogP contribution in [-0.4, -0.2) is 50.7 Å². The third kappa shape index (κ3) is 2.07. The summed E-state index contributed by atoms with van der Waals surface area (Å²) < 4.78 is 2.09. The first-order valence-corrected chi connectivity index (χ1v) is 8.75. The summed E-state index contributed by atoms with van der Waals surface area (Å²) >= 11 is 0. The first-order valence-electron chi connectivity index (χ1n) is 8.75. The first-order chi connectivity index (χ1) is 10.8. The van der Waals surface area contributed by atoms with Gasteiger partial charge in [0.15, 0.2) is 0 Å². The van der Waals surface area contributed by atoms with Gasteiger partial charge in [-0.2, -0.15) is 0 Å². The number of nitrogens with zero attached hydrogens (tertiary/aromatic N) is 4. The molecule has 0 radical (unpaired) electrons. The number of likely N-dealkylation sites (tertiary alicyclic amines) is 1. The van der Waals surface area contributed by atoms with Crippen molar-refractivity contribution < 1.29 is 4.79 Å². The molecule has 5 rings (SSSR count). The van der Waals surface area contributed by atoms with Gasteiger partial charge in [0.05, 0.1) is 0 Å². The van der Waals surface area contributed by atoms with Crippen molar-refractivity contribution in [1.82, 2.24) is 25.0 Å². The van der Waals surface area contributed by atoms with Crippen LogP contribution in [0.4, 0.5) is 0 Å². The standard InChI is InChI=1S/C16H23N5O/c22-16(17-12-4-5-12)15-19-18-14-6-10-7-20(13-2-1-3-13)8-11(10)9-21(14)15/h10-13H,1-9H2,(H,17,22)/t10-,11-/m1/s1. The van der Waals surface area contributed by atoms with Gasteiger partial charge in [0.2, 0.25) is 5.82 Å². The van der Waals surface area contributed by atoms with E-state index in [1.54, 1.807) is 0 Å². The molecule has 22 heavy (non-hydrogen) atoms. The van der Waals surface area contributed by atoms with Gasteiger partial charge in [-0.3, -0.25) is 9.69 Å². The van der Waals surface area contributed by atoms with E-state index in [0.29, 0.717) is 23.7 Å². The second-order valence-corrected chi connectivity index (χ2v) is 7.56. The summed E-state index contributed by atoms with van der Waals surface area (Å²) in [5.41, 5.74) is 0. The van der Waals surface area contributed by atoms with E-state index in [9.17, 15) is 4.79 Å². The Morgan fingerprint density at radius 3 is 2.59 bits per heavy atom. The van der Waals surface area contributed by atoms with Gasteiger partial charge < -0.3 is 9.88 Å². The predicted molar refractivity (Wildman–Crippen MR) is 80.4 cm³/mol. The summed E-state index contributed by atoms with van der Waals surface area (Å²) in [4.78, 5) is 15.0. The first kappa shape index (κ1) is 13.0. The van der Waals surface area contributed by atoms with E-state index in [0.717, 1.165) is 37.7 Å². The molecule has 1 amide bonds. The monoisotopic (exact) mass is 301 g/mol. The molecule has 0 bridgehead atoms. The lowest BCUT2D eigenvalue weighted by Crippen LogP contribution is -2.38. The highest BCUT2D eigenvalue weighted by Crippen LogP contribution is 2.37. The molecule has 118 valence electrons. The molecule has 1 aromatic heterocycles. The number of carbonyl (C=O) groups excluding carboxylic acids is 1.